The first-order valence-electron chi connectivity index (χ1n) is 7.07. The van der Waals surface area contributed by atoms with Gasteiger partial charge in [-0.15, -0.1) is 0 Å². The molecule has 2 fully saturated rings. The average molecular weight is 277 g/mol. The topological polar surface area (TPSA) is 74.6 Å². The summed E-state index contributed by atoms with van der Waals surface area (Å²) in [4.78, 5) is 25.4. The fraction of sp³-hybridized carbons (Fsp3) is 0.571. The summed E-state index contributed by atoms with van der Waals surface area (Å²) in [5, 5.41) is 5.12. The molecule has 0 atom stereocenters. The molecule has 1 aromatic heterocycles. The molecule has 2 N–H and O–H groups in total. The Balaban J connectivity index is 1.47. The quantitative estimate of drug-likeness (QED) is 0.820. The predicted octanol–water partition coefficient (Wildman–Crippen LogP) is 1.23. The van der Waals surface area contributed by atoms with Crippen molar-refractivity contribution >= 4 is 11.9 Å². The van der Waals surface area contributed by atoms with Crippen LogP contribution in [0.25, 0.3) is 0 Å². The maximum absolute atomic E-state index is 11.9. The number of amides is 3. The van der Waals surface area contributed by atoms with E-state index < -0.39 is 0 Å². The van der Waals surface area contributed by atoms with Gasteiger partial charge in [0.05, 0.1) is 19.4 Å². The van der Waals surface area contributed by atoms with Crippen LogP contribution in [0.3, 0.4) is 0 Å². The number of hydrogen-bond donors (Lipinski definition) is 2. The van der Waals surface area contributed by atoms with Crippen LogP contribution < -0.4 is 10.6 Å². The lowest BCUT2D eigenvalue weighted by atomic mass is 10.3. The molecule has 6 heteroatoms. The normalized spacial score (nSPS) is 18.1. The Morgan fingerprint density at radius 3 is 2.70 bits per heavy atom. The Bertz CT molecular complexity index is 478. The van der Waals surface area contributed by atoms with Gasteiger partial charge in [-0.2, -0.15) is 0 Å². The Kier molecular flexibility index (Phi) is 3.73. The molecule has 0 spiro atoms. The second-order valence-electron chi connectivity index (χ2n) is 5.51. The number of furan rings is 1. The van der Waals surface area contributed by atoms with Crippen LogP contribution in [0.15, 0.2) is 22.8 Å². The number of nitrogens with one attached hydrogen (secondary N) is 2. The second kappa shape index (κ2) is 5.66. The minimum atomic E-state index is -0.383. The molecule has 3 amide bonds. The van der Waals surface area contributed by atoms with Crippen LogP contribution in [-0.2, 0) is 11.3 Å². The van der Waals surface area contributed by atoms with Gasteiger partial charge in [0, 0.05) is 12.1 Å². The number of nitrogens with zero attached hydrogens (tertiary/aromatic N) is 1. The van der Waals surface area contributed by atoms with Crippen molar-refractivity contribution in [3.63, 3.8) is 0 Å². The van der Waals surface area contributed by atoms with Crippen molar-refractivity contribution in [3.8, 4) is 0 Å². The summed E-state index contributed by atoms with van der Waals surface area (Å²) in [6.07, 6.45) is 5.84. The van der Waals surface area contributed by atoms with Gasteiger partial charge in [0.1, 0.15) is 5.76 Å². The third-order valence-electron chi connectivity index (χ3n) is 3.51. The molecule has 1 heterocycles. The number of carbonyl (C=O) groups is 2. The van der Waals surface area contributed by atoms with Gasteiger partial charge in [-0.25, -0.2) is 4.79 Å². The third kappa shape index (κ3) is 3.84. The number of urea groups is 1. The fourth-order valence-corrected chi connectivity index (χ4v) is 2.16. The highest BCUT2D eigenvalue weighted by atomic mass is 16.3. The van der Waals surface area contributed by atoms with Gasteiger partial charge in [0.15, 0.2) is 0 Å². The van der Waals surface area contributed by atoms with E-state index in [-0.39, 0.29) is 24.5 Å². The van der Waals surface area contributed by atoms with Gasteiger partial charge in [0.2, 0.25) is 5.91 Å². The number of rotatable bonds is 6. The molecule has 3 rings (SSSR count). The Labute approximate surface area is 117 Å². The highest BCUT2D eigenvalue weighted by Gasteiger charge is 2.31. The number of carbonyl (C=O) groups excluding carboxylic acids is 2. The molecule has 2 aliphatic rings. The first-order chi connectivity index (χ1) is 9.70. The number of imide groups is 1. The molecule has 0 saturated heterocycles. The summed E-state index contributed by atoms with van der Waals surface area (Å²) in [6, 6.07) is 4.03. The largest absolute Gasteiger partial charge is 0.468 e. The van der Waals surface area contributed by atoms with Crippen LogP contribution in [-0.4, -0.2) is 35.5 Å². The lowest BCUT2D eigenvalue weighted by Gasteiger charge is -2.19. The maximum atomic E-state index is 11.9. The Hall–Kier alpha value is -1.82. The van der Waals surface area contributed by atoms with Gasteiger partial charge in [0.25, 0.3) is 0 Å². The molecule has 0 unspecified atom stereocenters. The van der Waals surface area contributed by atoms with Crippen LogP contribution in [0.4, 0.5) is 4.79 Å². The molecular weight excluding hydrogens is 258 g/mol. The lowest BCUT2D eigenvalue weighted by molar-refractivity contribution is -0.121. The molecule has 2 aliphatic carbocycles. The highest BCUT2D eigenvalue weighted by molar-refractivity contribution is 5.95. The molecule has 0 aromatic carbocycles. The SMILES string of the molecule is O=C(CN(Cc1ccco1)C1CC1)NC(=O)NC1CC1. The van der Waals surface area contributed by atoms with E-state index >= 15 is 0 Å². The van der Waals surface area contributed by atoms with Crippen LogP contribution in [0.5, 0.6) is 0 Å². The van der Waals surface area contributed by atoms with Crippen molar-refractivity contribution in [1.82, 2.24) is 15.5 Å². The molecule has 2 saturated carbocycles. The lowest BCUT2D eigenvalue weighted by Crippen LogP contribution is -2.45. The van der Waals surface area contributed by atoms with E-state index in [1.165, 1.54) is 0 Å². The zero-order valence-corrected chi connectivity index (χ0v) is 11.3. The van der Waals surface area contributed by atoms with E-state index in [1.807, 2.05) is 12.1 Å². The zero-order valence-electron chi connectivity index (χ0n) is 11.3. The summed E-state index contributed by atoms with van der Waals surface area (Å²) in [5.74, 6) is 0.578. The standard InChI is InChI=1S/C14H19N3O3/c18-13(16-14(19)15-10-3-4-10)9-17(11-5-6-11)8-12-2-1-7-20-12/h1-2,7,10-11H,3-6,8-9H2,(H2,15,16,18,19). The monoisotopic (exact) mass is 277 g/mol. The van der Waals surface area contributed by atoms with Gasteiger partial charge >= 0.3 is 6.03 Å². The molecule has 1 aromatic rings. The molecule has 0 radical (unpaired) electrons. The van der Waals surface area contributed by atoms with Gasteiger partial charge in [-0.1, -0.05) is 0 Å². The highest BCUT2D eigenvalue weighted by Crippen LogP contribution is 2.28. The molecule has 108 valence electrons. The summed E-state index contributed by atoms with van der Waals surface area (Å²) in [7, 11) is 0. The fourth-order valence-electron chi connectivity index (χ4n) is 2.16. The second-order valence-corrected chi connectivity index (χ2v) is 5.51. The molecular formula is C14H19N3O3. The first-order valence-corrected chi connectivity index (χ1v) is 7.07. The van der Waals surface area contributed by atoms with E-state index in [2.05, 4.69) is 15.5 Å². The van der Waals surface area contributed by atoms with E-state index in [1.54, 1.807) is 6.26 Å². The molecule has 20 heavy (non-hydrogen) atoms. The summed E-state index contributed by atoms with van der Waals surface area (Å²) in [6.45, 7) is 0.832. The zero-order chi connectivity index (χ0) is 13.9. The average Bonchev–Trinajstić information content (AvgIpc) is 3.31. The van der Waals surface area contributed by atoms with Crippen LogP contribution in [0.2, 0.25) is 0 Å². The van der Waals surface area contributed by atoms with Crippen molar-refractivity contribution in [2.45, 2.75) is 44.3 Å². The van der Waals surface area contributed by atoms with Crippen molar-refractivity contribution in [3.05, 3.63) is 24.2 Å². The van der Waals surface area contributed by atoms with E-state index in [4.69, 9.17) is 4.42 Å². The van der Waals surface area contributed by atoms with Crippen molar-refractivity contribution in [2.24, 2.45) is 0 Å². The predicted molar refractivity (Wildman–Crippen MR) is 71.8 cm³/mol. The summed E-state index contributed by atoms with van der Waals surface area (Å²) >= 11 is 0. The summed E-state index contributed by atoms with van der Waals surface area (Å²) < 4.78 is 5.31. The molecule has 0 bridgehead atoms. The van der Waals surface area contributed by atoms with Gasteiger partial charge < -0.3 is 9.73 Å². The smallest absolute Gasteiger partial charge is 0.321 e. The molecule has 6 nitrogen and oxygen atoms in total. The van der Waals surface area contributed by atoms with E-state index in [9.17, 15) is 9.59 Å². The van der Waals surface area contributed by atoms with Crippen LogP contribution >= 0.6 is 0 Å². The van der Waals surface area contributed by atoms with Gasteiger partial charge in [-0.3, -0.25) is 15.0 Å². The molecule has 0 aliphatic heterocycles. The minimum Gasteiger partial charge on any atom is -0.468 e. The summed E-state index contributed by atoms with van der Waals surface area (Å²) in [5.41, 5.74) is 0. The van der Waals surface area contributed by atoms with Crippen LogP contribution in [0, 0.1) is 0 Å². The van der Waals surface area contributed by atoms with Crippen molar-refractivity contribution in [2.75, 3.05) is 6.54 Å². The van der Waals surface area contributed by atoms with Crippen molar-refractivity contribution < 1.29 is 14.0 Å². The van der Waals surface area contributed by atoms with Crippen molar-refractivity contribution in [1.29, 1.82) is 0 Å². The first kappa shape index (κ1) is 13.2. The number of hydrogen-bond acceptors (Lipinski definition) is 4. The van der Waals surface area contributed by atoms with Gasteiger partial charge in [-0.05, 0) is 37.8 Å². The van der Waals surface area contributed by atoms with E-state index in [0.717, 1.165) is 31.4 Å². The van der Waals surface area contributed by atoms with Crippen LogP contribution in [0.1, 0.15) is 31.4 Å². The third-order valence-corrected chi connectivity index (χ3v) is 3.51. The Morgan fingerprint density at radius 2 is 2.10 bits per heavy atom. The van der Waals surface area contributed by atoms with E-state index in [0.29, 0.717) is 12.6 Å². The Morgan fingerprint density at radius 1 is 1.30 bits per heavy atom. The minimum absolute atomic E-state index is 0.226. The maximum Gasteiger partial charge on any atom is 0.321 e.